The van der Waals surface area contributed by atoms with Gasteiger partial charge >= 0.3 is 0 Å². The molecule has 0 aliphatic heterocycles. The van der Waals surface area contributed by atoms with Gasteiger partial charge in [0.2, 0.25) is 11.8 Å². The minimum atomic E-state index is 0.0363. The molecule has 0 heterocycles. The fourth-order valence-electron chi connectivity index (χ4n) is 1.83. The van der Waals surface area contributed by atoms with Crippen LogP contribution in [0, 0.1) is 0 Å². The van der Waals surface area contributed by atoms with E-state index >= 15 is 0 Å². The molecule has 0 aromatic heterocycles. The number of nitrogens with zero attached hydrogens (tertiary/aromatic N) is 2. The molecule has 6 nitrogen and oxygen atoms in total. The van der Waals surface area contributed by atoms with E-state index < -0.39 is 0 Å². The zero-order chi connectivity index (χ0) is 16.1. The summed E-state index contributed by atoms with van der Waals surface area (Å²) >= 11 is 0. The van der Waals surface area contributed by atoms with E-state index in [1.807, 2.05) is 28.2 Å². The van der Waals surface area contributed by atoms with Crippen molar-refractivity contribution in [3.8, 4) is 0 Å². The first-order valence-electron chi connectivity index (χ1n) is 7.74. The van der Waals surface area contributed by atoms with E-state index in [0.29, 0.717) is 32.4 Å². The largest absolute Gasteiger partial charge is 0.356 e. The molecule has 0 aliphatic carbocycles. The maximum absolute atomic E-state index is 11.5. The van der Waals surface area contributed by atoms with E-state index in [4.69, 9.17) is 0 Å². The Kier molecular flexibility index (Phi) is 11.9. The summed E-state index contributed by atoms with van der Waals surface area (Å²) in [6.07, 6.45) is 3.36. The first-order chi connectivity index (χ1) is 9.91. The number of hydrogen-bond acceptors (Lipinski definition) is 4. The molecule has 0 spiro atoms. The predicted molar refractivity (Wildman–Crippen MR) is 86.2 cm³/mol. The fourth-order valence-corrected chi connectivity index (χ4v) is 1.83. The summed E-state index contributed by atoms with van der Waals surface area (Å²) in [5.41, 5.74) is 0. The SMILES string of the molecule is CN(C)CCCNC(=O)CCCC(=O)NCCCN(C)C. The van der Waals surface area contributed by atoms with Crippen molar-refractivity contribution in [1.29, 1.82) is 0 Å². The predicted octanol–water partition coefficient (Wildman–Crippen LogP) is 0.293. The highest BCUT2D eigenvalue weighted by Gasteiger charge is 2.04. The second-order valence-electron chi connectivity index (χ2n) is 5.87. The van der Waals surface area contributed by atoms with Gasteiger partial charge in [-0.25, -0.2) is 0 Å². The summed E-state index contributed by atoms with van der Waals surface area (Å²) in [5.74, 6) is 0.0725. The van der Waals surface area contributed by atoms with Gasteiger partial charge in [0, 0.05) is 25.9 Å². The van der Waals surface area contributed by atoms with Crippen LogP contribution in [0.15, 0.2) is 0 Å². The van der Waals surface area contributed by atoms with Crippen LogP contribution in [0.1, 0.15) is 32.1 Å². The molecule has 0 atom stereocenters. The van der Waals surface area contributed by atoms with Crippen molar-refractivity contribution in [2.24, 2.45) is 0 Å². The summed E-state index contributed by atoms with van der Waals surface area (Å²) in [7, 11) is 8.05. The van der Waals surface area contributed by atoms with Crippen molar-refractivity contribution in [2.75, 3.05) is 54.4 Å². The van der Waals surface area contributed by atoms with E-state index in [1.165, 1.54) is 0 Å². The van der Waals surface area contributed by atoms with Crippen molar-refractivity contribution < 1.29 is 9.59 Å². The molecule has 0 aromatic carbocycles. The Morgan fingerprint density at radius 3 is 1.43 bits per heavy atom. The zero-order valence-electron chi connectivity index (χ0n) is 14.1. The van der Waals surface area contributed by atoms with Crippen LogP contribution >= 0.6 is 0 Å². The van der Waals surface area contributed by atoms with Gasteiger partial charge in [-0.05, 0) is 60.5 Å². The molecule has 2 amide bonds. The summed E-state index contributed by atoms with van der Waals surface area (Å²) in [5, 5.41) is 5.75. The average Bonchev–Trinajstić information content (AvgIpc) is 2.39. The summed E-state index contributed by atoms with van der Waals surface area (Å²) < 4.78 is 0. The van der Waals surface area contributed by atoms with Gasteiger partial charge in [0.15, 0.2) is 0 Å². The van der Waals surface area contributed by atoms with Crippen LogP contribution in [0.3, 0.4) is 0 Å². The van der Waals surface area contributed by atoms with Crippen LogP contribution in [0.25, 0.3) is 0 Å². The molecule has 124 valence electrons. The number of hydrogen-bond donors (Lipinski definition) is 2. The van der Waals surface area contributed by atoms with Gasteiger partial charge in [-0.15, -0.1) is 0 Å². The number of amides is 2. The van der Waals surface area contributed by atoms with Crippen LogP contribution in [-0.2, 0) is 9.59 Å². The topological polar surface area (TPSA) is 64.7 Å². The summed E-state index contributed by atoms with van der Waals surface area (Å²) in [4.78, 5) is 27.3. The first-order valence-corrected chi connectivity index (χ1v) is 7.74. The lowest BCUT2D eigenvalue weighted by atomic mass is 10.2. The third-order valence-corrected chi connectivity index (χ3v) is 3.02. The maximum atomic E-state index is 11.5. The first kappa shape index (κ1) is 19.9. The van der Waals surface area contributed by atoms with Gasteiger partial charge < -0.3 is 20.4 Å². The summed E-state index contributed by atoms with van der Waals surface area (Å²) in [6.45, 7) is 3.34. The lowest BCUT2D eigenvalue weighted by molar-refractivity contribution is -0.122. The maximum Gasteiger partial charge on any atom is 0.220 e. The minimum absolute atomic E-state index is 0.0363. The van der Waals surface area contributed by atoms with Gasteiger partial charge in [0.25, 0.3) is 0 Å². The van der Waals surface area contributed by atoms with E-state index in [0.717, 1.165) is 25.9 Å². The molecule has 6 heteroatoms. The van der Waals surface area contributed by atoms with Gasteiger partial charge in [-0.2, -0.15) is 0 Å². The van der Waals surface area contributed by atoms with Crippen LogP contribution in [0.4, 0.5) is 0 Å². The second kappa shape index (κ2) is 12.6. The Labute approximate surface area is 129 Å². The molecule has 0 saturated carbocycles. The van der Waals surface area contributed by atoms with Gasteiger partial charge in [0.05, 0.1) is 0 Å². The van der Waals surface area contributed by atoms with E-state index in [1.54, 1.807) is 0 Å². The number of carbonyl (C=O) groups excluding carboxylic acids is 2. The molecule has 0 radical (unpaired) electrons. The molecule has 0 unspecified atom stereocenters. The highest BCUT2D eigenvalue weighted by Crippen LogP contribution is 1.96. The van der Waals surface area contributed by atoms with Crippen molar-refractivity contribution in [1.82, 2.24) is 20.4 Å². The summed E-state index contributed by atoms with van der Waals surface area (Å²) in [6, 6.07) is 0. The molecular formula is C15H32N4O2. The Hall–Kier alpha value is -1.14. The van der Waals surface area contributed by atoms with Crippen molar-refractivity contribution in [3.63, 3.8) is 0 Å². The van der Waals surface area contributed by atoms with Crippen molar-refractivity contribution in [3.05, 3.63) is 0 Å². The Morgan fingerprint density at radius 2 is 1.10 bits per heavy atom. The Bertz CT molecular complexity index is 265. The number of rotatable bonds is 12. The normalized spacial score (nSPS) is 11.0. The van der Waals surface area contributed by atoms with Gasteiger partial charge in [-0.1, -0.05) is 0 Å². The van der Waals surface area contributed by atoms with Gasteiger partial charge in [0.1, 0.15) is 0 Å². The highest BCUT2D eigenvalue weighted by molar-refractivity contribution is 5.78. The second-order valence-corrected chi connectivity index (χ2v) is 5.87. The molecule has 0 rings (SSSR count). The Morgan fingerprint density at radius 1 is 0.714 bits per heavy atom. The molecule has 0 saturated heterocycles. The monoisotopic (exact) mass is 300 g/mol. The van der Waals surface area contributed by atoms with Crippen molar-refractivity contribution in [2.45, 2.75) is 32.1 Å². The smallest absolute Gasteiger partial charge is 0.220 e. The molecule has 0 aliphatic rings. The molecule has 21 heavy (non-hydrogen) atoms. The molecular weight excluding hydrogens is 268 g/mol. The number of nitrogens with one attached hydrogen (secondary N) is 2. The van der Waals surface area contributed by atoms with Crippen LogP contribution < -0.4 is 10.6 Å². The lowest BCUT2D eigenvalue weighted by Crippen LogP contribution is -2.28. The van der Waals surface area contributed by atoms with E-state index in [-0.39, 0.29) is 11.8 Å². The third-order valence-electron chi connectivity index (χ3n) is 3.02. The van der Waals surface area contributed by atoms with E-state index in [2.05, 4.69) is 20.4 Å². The standard InChI is InChI=1S/C15H32N4O2/c1-18(2)12-6-10-16-14(20)8-5-9-15(21)17-11-7-13-19(3)4/h5-13H2,1-4H3,(H,16,20)(H,17,21). The van der Waals surface area contributed by atoms with Crippen LogP contribution in [0.2, 0.25) is 0 Å². The number of carbonyl (C=O) groups is 2. The highest BCUT2D eigenvalue weighted by atomic mass is 16.2. The fraction of sp³-hybridized carbons (Fsp3) is 0.867. The van der Waals surface area contributed by atoms with Gasteiger partial charge in [-0.3, -0.25) is 9.59 Å². The zero-order valence-corrected chi connectivity index (χ0v) is 14.1. The quantitative estimate of drug-likeness (QED) is 0.509. The van der Waals surface area contributed by atoms with Crippen LogP contribution in [-0.4, -0.2) is 76.0 Å². The molecule has 0 bridgehead atoms. The van der Waals surface area contributed by atoms with Crippen LogP contribution in [0.5, 0.6) is 0 Å². The van der Waals surface area contributed by atoms with E-state index in [9.17, 15) is 9.59 Å². The molecule has 0 fully saturated rings. The molecule has 2 N–H and O–H groups in total. The third kappa shape index (κ3) is 15.1. The average molecular weight is 300 g/mol. The molecule has 0 aromatic rings. The minimum Gasteiger partial charge on any atom is -0.356 e. The Balaban J connectivity index is 3.43. The van der Waals surface area contributed by atoms with Crippen molar-refractivity contribution >= 4 is 11.8 Å². The lowest BCUT2D eigenvalue weighted by Gasteiger charge is -2.10.